The first-order valence-corrected chi connectivity index (χ1v) is 5.11. The SMILES string of the molecule is O=C(Nc1ncccc1O)c1ccnc(Cl)c1. The summed E-state index contributed by atoms with van der Waals surface area (Å²) in [5, 5.41) is 12.1. The Bertz CT molecular complexity index is 560. The maximum atomic E-state index is 11.8. The van der Waals surface area contributed by atoms with Crippen LogP contribution in [0.5, 0.6) is 5.75 Å². The van der Waals surface area contributed by atoms with Crippen LogP contribution in [0.2, 0.25) is 5.15 Å². The van der Waals surface area contributed by atoms with Crippen LogP contribution < -0.4 is 5.32 Å². The van der Waals surface area contributed by atoms with Crippen LogP contribution in [0.4, 0.5) is 5.82 Å². The van der Waals surface area contributed by atoms with Crippen molar-refractivity contribution in [3.8, 4) is 5.75 Å². The van der Waals surface area contributed by atoms with Gasteiger partial charge in [0.2, 0.25) is 0 Å². The van der Waals surface area contributed by atoms with E-state index in [1.54, 1.807) is 6.07 Å². The first kappa shape index (κ1) is 11.3. The van der Waals surface area contributed by atoms with E-state index in [1.807, 2.05) is 0 Å². The summed E-state index contributed by atoms with van der Waals surface area (Å²) in [5.74, 6) is -0.408. The van der Waals surface area contributed by atoms with Crippen molar-refractivity contribution in [2.75, 3.05) is 5.32 Å². The van der Waals surface area contributed by atoms with Gasteiger partial charge in [-0.1, -0.05) is 11.6 Å². The third-order valence-corrected chi connectivity index (χ3v) is 2.21. The van der Waals surface area contributed by atoms with Gasteiger partial charge in [0.15, 0.2) is 11.6 Å². The summed E-state index contributed by atoms with van der Waals surface area (Å²) >= 11 is 5.67. The predicted molar refractivity (Wildman–Crippen MR) is 63.1 cm³/mol. The van der Waals surface area contributed by atoms with Crippen molar-refractivity contribution in [2.45, 2.75) is 0 Å². The van der Waals surface area contributed by atoms with E-state index in [9.17, 15) is 9.90 Å². The van der Waals surface area contributed by atoms with Gasteiger partial charge in [0.25, 0.3) is 5.91 Å². The van der Waals surface area contributed by atoms with Crippen LogP contribution in [0.3, 0.4) is 0 Å². The van der Waals surface area contributed by atoms with E-state index >= 15 is 0 Å². The van der Waals surface area contributed by atoms with Gasteiger partial charge in [-0.15, -0.1) is 0 Å². The van der Waals surface area contributed by atoms with E-state index in [1.165, 1.54) is 30.6 Å². The molecule has 2 aromatic rings. The summed E-state index contributed by atoms with van der Waals surface area (Å²) in [6, 6.07) is 5.94. The van der Waals surface area contributed by atoms with Crippen LogP contribution in [0.25, 0.3) is 0 Å². The lowest BCUT2D eigenvalue weighted by atomic mass is 10.2. The number of halogens is 1. The highest BCUT2D eigenvalue weighted by Crippen LogP contribution is 2.19. The Morgan fingerprint density at radius 1 is 1.29 bits per heavy atom. The standard InChI is InChI=1S/C11H8ClN3O2/c12-9-6-7(3-5-13-9)11(17)15-10-8(16)2-1-4-14-10/h1-6,16H,(H,14,15,17). The molecule has 0 spiro atoms. The Balaban J connectivity index is 2.20. The second-order valence-electron chi connectivity index (χ2n) is 3.19. The molecule has 0 aliphatic carbocycles. The largest absolute Gasteiger partial charge is 0.504 e. The van der Waals surface area contributed by atoms with Crippen LogP contribution in [-0.4, -0.2) is 21.0 Å². The summed E-state index contributed by atoms with van der Waals surface area (Å²) in [7, 11) is 0. The molecule has 0 saturated carbocycles. The molecule has 0 aliphatic rings. The van der Waals surface area contributed by atoms with E-state index in [2.05, 4.69) is 15.3 Å². The lowest BCUT2D eigenvalue weighted by Crippen LogP contribution is -2.13. The van der Waals surface area contributed by atoms with Crippen LogP contribution >= 0.6 is 11.6 Å². The molecule has 2 rings (SSSR count). The first-order chi connectivity index (χ1) is 8.16. The maximum absolute atomic E-state index is 11.8. The molecule has 2 N–H and O–H groups in total. The van der Waals surface area contributed by atoms with Crippen LogP contribution in [0.15, 0.2) is 36.7 Å². The van der Waals surface area contributed by atoms with Crippen LogP contribution in [-0.2, 0) is 0 Å². The van der Waals surface area contributed by atoms with E-state index in [0.29, 0.717) is 5.56 Å². The zero-order valence-electron chi connectivity index (χ0n) is 8.59. The van der Waals surface area contributed by atoms with E-state index in [-0.39, 0.29) is 16.7 Å². The third-order valence-electron chi connectivity index (χ3n) is 2.01. The molecule has 86 valence electrons. The molecular formula is C11H8ClN3O2. The number of nitrogens with zero attached hydrogens (tertiary/aromatic N) is 2. The third kappa shape index (κ3) is 2.70. The Morgan fingerprint density at radius 3 is 2.82 bits per heavy atom. The number of carbonyl (C=O) groups is 1. The molecule has 0 fully saturated rings. The van der Waals surface area contributed by atoms with Gasteiger partial charge in [-0.2, -0.15) is 0 Å². The van der Waals surface area contributed by atoms with Crippen molar-refractivity contribution in [1.29, 1.82) is 0 Å². The number of nitrogens with one attached hydrogen (secondary N) is 1. The highest BCUT2D eigenvalue weighted by molar-refractivity contribution is 6.29. The number of amides is 1. The molecule has 0 saturated heterocycles. The minimum atomic E-state index is -0.414. The summed E-state index contributed by atoms with van der Waals surface area (Å²) in [6.07, 6.45) is 2.89. The number of carbonyl (C=O) groups excluding carboxylic acids is 1. The molecule has 0 aliphatic heterocycles. The minimum Gasteiger partial charge on any atom is -0.504 e. The first-order valence-electron chi connectivity index (χ1n) is 4.74. The fourth-order valence-electron chi connectivity index (χ4n) is 1.22. The number of hydrogen-bond donors (Lipinski definition) is 2. The molecule has 0 unspecified atom stereocenters. The monoisotopic (exact) mass is 249 g/mol. The molecule has 0 radical (unpaired) electrons. The zero-order valence-corrected chi connectivity index (χ0v) is 9.35. The van der Waals surface area contributed by atoms with Gasteiger partial charge in [0, 0.05) is 18.0 Å². The van der Waals surface area contributed by atoms with Crippen molar-refractivity contribution in [2.24, 2.45) is 0 Å². The van der Waals surface area contributed by atoms with Crippen LogP contribution in [0.1, 0.15) is 10.4 Å². The van der Waals surface area contributed by atoms with Gasteiger partial charge in [0.1, 0.15) is 5.15 Å². The molecule has 0 bridgehead atoms. The number of anilines is 1. The van der Waals surface area contributed by atoms with Gasteiger partial charge >= 0.3 is 0 Å². The van der Waals surface area contributed by atoms with Gasteiger partial charge in [0.05, 0.1) is 0 Å². The topological polar surface area (TPSA) is 75.1 Å². The number of hydrogen-bond acceptors (Lipinski definition) is 4. The fourth-order valence-corrected chi connectivity index (χ4v) is 1.39. The molecule has 0 aromatic carbocycles. The van der Waals surface area contributed by atoms with Crippen LogP contribution in [0, 0.1) is 0 Å². The Labute approximate surface area is 102 Å². The highest BCUT2D eigenvalue weighted by Gasteiger charge is 2.09. The van der Waals surface area contributed by atoms with Crippen molar-refractivity contribution in [3.63, 3.8) is 0 Å². The van der Waals surface area contributed by atoms with Crippen molar-refractivity contribution in [1.82, 2.24) is 9.97 Å². The highest BCUT2D eigenvalue weighted by atomic mass is 35.5. The summed E-state index contributed by atoms with van der Waals surface area (Å²) in [4.78, 5) is 19.4. The molecule has 17 heavy (non-hydrogen) atoms. The van der Waals surface area contributed by atoms with Crippen molar-refractivity contribution in [3.05, 3.63) is 47.4 Å². The number of aromatic nitrogens is 2. The maximum Gasteiger partial charge on any atom is 0.257 e. The molecular weight excluding hydrogens is 242 g/mol. The summed E-state index contributed by atoms with van der Waals surface area (Å²) in [5.41, 5.74) is 0.343. The molecule has 1 amide bonds. The van der Waals surface area contributed by atoms with E-state index in [0.717, 1.165) is 0 Å². The molecule has 5 nitrogen and oxygen atoms in total. The van der Waals surface area contributed by atoms with E-state index < -0.39 is 5.91 Å². The molecule has 2 heterocycles. The number of pyridine rings is 2. The minimum absolute atomic E-state index is 0.0963. The summed E-state index contributed by atoms with van der Waals surface area (Å²) in [6.45, 7) is 0. The predicted octanol–water partition coefficient (Wildman–Crippen LogP) is 2.09. The number of aromatic hydroxyl groups is 1. The Hall–Kier alpha value is -2.14. The average molecular weight is 250 g/mol. The lowest BCUT2D eigenvalue weighted by Gasteiger charge is -2.05. The quantitative estimate of drug-likeness (QED) is 0.799. The van der Waals surface area contributed by atoms with Gasteiger partial charge in [-0.3, -0.25) is 4.79 Å². The zero-order chi connectivity index (χ0) is 12.3. The Morgan fingerprint density at radius 2 is 2.12 bits per heavy atom. The van der Waals surface area contributed by atoms with Gasteiger partial charge in [-0.05, 0) is 24.3 Å². The van der Waals surface area contributed by atoms with E-state index in [4.69, 9.17) is 11.6 Å². The van der Waals surface area contributed by atoms with Crippen molar-refractivity contribution < 1.29 is 9.90 Å². The van der Waals surface area contributed by atoms with Gasteiger partial charge < -0.3 is 10.4 Å². The normalized spacial score (nSPS) is 9.94. The molecule has 6 heteroatoms. The summed E-state index contributed by atoms with van der Waals surface area (Å²) < 4.78 is 0. The smallest absolute Gasteiger partial charge is 0.257 e. The lowest BCUT2D eigenvalue weighted by molar-refractivity contribution is 0.102. The molecule has 2 aromatic heterocycles. The van der Waals surface area contributed by atoms with Crippen molar-refractivity contribution >= 4 is 23.3 Å². The fraction of sp³-hybridized carbons (Fsp3) is 0. The van der Waals surface area contributed by atoms with Gasteiger partial charge in [-0.25, -0.2) is 9.97 Å². The Kier molecular flexibility index (Phi) is 3.20. The second kappa shape index (κ2) is 4.80. The second-order valence-corrected chi connectivity index (χ2v) is 3.58. The number of rotatable bonds is 2. The average Bonchev–Trinajstić information content (AvgIpc) is 2.32. The molecule has 0 atom stereocenters.